The molecule has 1 aliphatic rings. The summed E-state index contributed by atoms with van der Waals surface area (Å²) < 4.78 is 39.7. The van der Waals surface area contributed by atoms with Gasteiger partial charge in [0, 0.05) is 0 Å². The van der Waals surface area contributed by atoms with Crippen LogP contribution in [0.1, 0.15) is 18.4 Å². The van der Waals surface area contributed by atoms with Gasteiger partial charge in [0.2, 0.25) is 0 Å². The fourth-order valence-electron chi connectivity index (χ4n) is 1.68. The molecule has 1 aromatic rings. The lowest BCUT2D eigenvalue weighted by atomic mass is 10.00. The predicted octanol–water partition coefficient (Wildman–Crippen LogP) is 4.32. The van der Waals surface area contributed by atoms with Crippen molar-refractivity contribution in [2.24, 2.45) is 0 Å². The first kappa shape index (κ1) is 11.8. The summed E-state index contributed by atoms with van der Waals surface area (Å²) >= 11 is 0. The second-order valence-electron chi connectivity index (χ2n) is 3.71. The Bertz CT molecular complexity index is 441. The van der Waals surface area contributed by atoms with Crippen molar-refractivity contribution >= 4 is 5.57 Å². The molecular formula is C13H11F3O. The number of allylic oxidation sites excluding steroid dienone is 4. The number of benzene rings is 1. The number of hydrogen-bond donors (Lipinski definition) is 0. The van der Waals surface area contributed by atoms with E-state index in [2.05, 4.69) is 16.9 Å². The Hall–Kier alpha value is -1.71. The zero-order valence-corrected chi connectivity index (χ0v) is 9.00. The lowest BCUT2D eigenvalue weighted by molar-refractivity contribution is -0.274. The third-order valence-electron chi connectivity index (χ3n) is 2.42. The van der Waals surface area contributed by atoms with Crippen molar-refractivity contribution in [3.63, 3.8) is 0 Å². The van der Waals surface area contributed by atoms with E-state index >= 15 is 0 Å². The number of rotatable bonds is 2. The molecule has 0 saturated carbocycles. The highest BCUT2D eigenvalue weighted by atomic mass is 19.4. The van der Waals surface area contributed by atoms with Gasteiger partial charge in [-0.25, -0.2) is 0 Å². The molecule has 0 amide bonds. The minimum absolute atomic E-state index is 0.193. The Kier molecular flexibility index (Phi) is 3.22. The molecule has 0 saturated heterocycles. The van der Waals surface area contributed by atoms with E-state index in [1.54, 1.807) is 12.1 Å². The lowest BCUT2D eigenvalue weighted by Crippen LogP contribution is -2.16. The molecule has 1 nitrogen and oxygen atoms in total. The molecule has 90 valence electrons. The van der Waals surface area contributed by atoms with Crippen LogP contribution < -0.4 is 4.74 Å². The van der Waals surface area contributed by atoms with E-state index in [9.17, 15) is 13.2 Å². The van der Waals surface area contributed by atoms with Crippen molar-refractivity contribution in [1.82, 2.24) is 0 Å². The summed E-state index contributed by atoms with van der Waals surface area (Å²) in [6.45, 7) is 0. The average Bonchev–Trinajstić information content (AvgIpc) is 2.29. The van der Waals surface area contributed by atoms with Gasteiger partial charge in [-0.15, -0.1) is 13.2 Å². The first-order chi connectivity index (χ1) is 8.04. The number of alkyl halides is 3. The summed E-state index contributed by atoms with van der Waals surface area (Å²) in [6, 6.07) is 5.91. The quantitative estimate of drug-likeness (QED) is 0.748. The van der Waals surface area contributed by atoms with Crippen LogP contribution in [-0.2, 0) is 0 Å². The van der Waals surface area contributed by atoms with Gasteiger partial charge in [0.25, 0.3) is 0 Å². The van der Waals surface area contributed by atoms with Crippen LogP contribution in [0.3, 0.4) is 0 Å². The zero-order chi connectivity index (χ0) is 12.3. The maximum atomic E-state index is 12.0. The standard InChI is InChI=1S/C13H11F3O/c14-13(15,16)17-12-8-6-11(7-9-12)10-4-2-1-3-5-10/h2,4-9H,1,3H2. The second kappa shape index (κ2) is 4.65. The molecule has 1 aliphatic carbocycles. The number of ether oxygens (including phenoxy) is 1. The minimum Gasteiger partial charge on any atom is -0.406 e. The van der Waals surface area contributed by atoms with Crippen LogP contribution >= 0.6 is 0 Å². The van der Waals surface area contributed by atoms with Crippen molar-refractivity contribution in [3.05, 3.63) is 48.1 Å². The summed E-state index contributed by atoms with van der Waals surface area (Å²) in [5.74, 6) is -0.193. The van der Waals surface area contributed by atoms with Gasteiger partial charge in [0.05, 0.1) is 0 Å². The van der Waals surface area contributed by atoms with Gasteiger partial charge < -0.3 is 4.74 Å². The van der Waals surface area contributed by atoms with E-state index in [1.807, 2.05) is 6.08 Å². The Morgan fingerprint density at radius 1 is 1.00 bits per heavy atom. The number of halogens is 3. The van der Waals surface area contributed by atoms with Crippen molar-refractivity contribution < 1.29 is 17.9 Å². The molecule has 0 aromatic heterocycles. The fraction of sp³-hybridized carbons (Fsp3) is 0.231. The smallest absolute Gasteiger partial charge is 0.406 e. The van der Waals surface area contributed by atoms with Crippen LogP contribution in [0.15, 0.2) is 42.5 Å². The van der Waals surface area contributed by atoms with Gasteiger partial charge in [-0.3, -0.25) is 0 Å². The maximum absolute atomic E-state index is 12.0. The molecule has 0 heterocycles. The van der Waals surface area contributed by atoms with Gasteiger partial charge in [-0.1, -0.05) is 30.4 Å². The van der Waals surface area contributed by atoms with Gasteiger partial charge in [-0.2, -0.15) is 0 Å². The molecule has 0 N–H and O–H groups in total. The van der Waals surface area contributed by atoms with Crippen molar-refractivity contribution in [1.29, 1.82) is 0 Å². The molecule has 0 radical (unpaired) electrons. The molecule has 2 rings (SSSR count). The van der Waals surface area contributed by atoms with E-state index < -0.39 is 6.36 Å². The van der Waals surface area contributed by atoms with E-state index in [1.165, 1.54) is 12.1 Å². The summed E-state index contributed by atoms with van der Waals surface area (Å²) in [6.07, 6.45) is 3.44. The zero-order valence-electron chi connectivity index (χ0n) is 9.00. The van der Waals surface area contributed by atoms with E-state index in [-0.39, 0.29) is 5.75 Å². The number of hydrogen-bond acceptors (Lipinski definition) is 1. The van der Waals surface area contributed by atoms with Crippen LogP contribution in [0, 0.1) is 0 Å². The molecular weight excluding hydrogens is 229 g/mol. The summed E-state index contributed by atoms with van der Waals surface area (Å²) in [5.41, 5.74) is 1.94. The molecule has 0 fully saturated rings. The fourth-order valence-corrected chi connectivity index (χ4v) is 1.68. The molecule has 17 heavy (non-hydrogen) atoms. The van der Waals surface area contributed by atoms with E-state index in [0.29, 0.717) is 0 Å². The topological polar surface area (TPSA) is 9.23 Å². The van der Waals surface area contributed by atoms with Crippen LogP contribution in [-0.4, -0.2) is 6.36 Å². The molecule has 0 atom stereocenters. The minimum atomic E-state index is -4.63. The Balaban J connectivity index is 2.13. The van der Waals surface area contributed by atoms with Crippen molar-refractivity contribution in [2.75, 3.05) is 0 Å². The monoisotopic (exact) mass is 240 g/mol. The maximum Gasteiger partial charge on any atom is 0.573 e. The lowest BCUT2D eigenvalue weighted by Gasteiger charge is -2.10. The first-order valence-electron chi connectivity index (χ1n) is 5.27. The highest BCUT2D eigenvalue weighted by molar-refractivity contribution is 5.74. The predicted molar refractivity (Wildman–Crippen MR) is 59.5 cm³/mol. The van der Waals surface area contributed by atoms with Gasteiger partial charge in [0.1, 0.15) is 5.75 Å². The second-order valence-corrected chi connectivity index (χ2v) is 3.71. The third-order valence-corrected chi connectivity index (χ3v) is 2.42. The van der Waals surface area contributed by atoms with Crippen LogP contribution in [0.5, 0.6) is 5.75 Å². The molecule has 4 heteroatoms. The van der Waals surface area contributed by atoms with Crippen molar-refractivity contribution in [2.45, 2.75) is 19.2 Å². The molecule has 0 spiro atoms. The molecule has 0 unspecified atom stereocenters. The van der Waals surface area contributed by atoms with Gasteiger partial charge in [0.15, 0.2) is 0 Å². The summed E-state index contributed by atoms with van der Waals surface area (Å²) in [7, 11) is 0. The summed E-state index contributed by atoms with van der Waals surface area (Å²) in [4.78, 5) is 0. The Morgan fingerprint density at radius 3 is 2.24 bits per heavy atom. The van der Waals surface area contributed by atoms with Crippen molar-refractivity contribution in [3.8, 4) is 5.75 Å². The van der Waals surface area contributed by atoms with Crippen LogP contribution in [0.2, 0.25) is 0 Å². The van der Waals surface area contributed by atoms with Crippen LogP contribution in [0.4, 0.5) is 13.2 Å². The first-order valence-corrected chi connectivity index (χ1v) is 5.27. The molecule has 0 bridgehead atoms. The van der Waals surface area contributed by atoms with Gasteiger partial charge >= 0.3 is 6.36 Å². The third kappa shape index (κ3) is 3.37. The Morgan fingerprint density at radius 2 is 1.71 bits per heavy atom. The average molecular weight is 240 g/mol. The summed E-state index contributed by atoms with van der Waals surface area (Å²) in [5, 5.41) is 0. The highest BCUT2D eigenvalue weighted by Gasteiger charge is 2.30. The SMILES string of the molecule is FC(F)(F)Oc1ccc(C2=CCCC=C2)cc1. The van der Waals surface area contributed by atoms with Crippen LogP contribution in [0.25, 0.3) is 5.57 Å². The Labute approximate surface area is 97.2 Å². The largest absolute Gasteiger partial charge is 0.573 e. The van der Waals surface area contributed by atoms with E-state index in [4.69, 9.17) is 0 Å². The van der Waals surface area contributed by atoms with E-state index in [0.717, 1.165) is 24.0 Å². The normalized spacial score (nSPS) is 15.6. The van der Waals surface area contributed by atoms with Gasteiger partial charge in [-0.05, 0) is 36.1 Å². The highest BCUT2D eigenvalue weighted by Crippen LogP contribution is 2.26. The molecule has 0 aliphatic heterocycles. The molecule has 1 aromatic carbocycles.